The van der Waals surface area contributed by atoms with Gasteiger partial charge in [0.2, 0.25) is 5.91 Å². The topological polar surface area (TPSA) is 77.0 Å². The molecule has 0 aliphatic heterocycles. The van der Waals surface area contributed by atoms with Gasteiger partial charge in [-0.15, -0.1) is 0 Å². The predicted molar refractivity (Wildman–Crippen MR) is 124 cm³/mol. The zero-order chi connectivity index (χ0) is 23.1. The van der Waals surface area contributed by atoms with Crippen molar-refractivity contribution in [3.63, 3.8) is 0 Å². The summed E-state index contributed by atoms with van der Waals surface area (Å²) in [7, 11) is 1.59. The first-order valence-corrected chi connectivity index (χ1v) is 10.9. The molecule has 1 N–H and O–H groups in total. The monoisotopic (exact) mass is 434 g/mol. The number of amides is 1. The van der Waals surface area contributed by atoms with E-state index in [1.54, 1.807) is 31.4 Å². The van der Waals surface area contributed by atoms with Gasteiger partial charge in [-0.3, -0.25) is 4.79 Å². The van der Waals surface area contributed by atoms with Crippen molar-refractivity contribution in [3.8, 4) is 5.75 Å². The van der Waals surface area contributed by atoms with E-state index in [1.807, 2.05) is 31.2 Å². The van der Waals surface area contributed by atoms with Crippen LogP contribution < -0.4 is 10.1 Å². The molecule has 0 heterocycles. The average Bonchev–Trinajstić information content (AvgIpc) is 3.09. The van der Waals surface area contributed by atoms with Gasteiger partial charge in [0.15, 0.2) is 0 Å². The zero-order valence-electron chi connectivity index (χ0n) is 19.3. The van der Waals surface area contributed by atoms with Crippen molar-refractivity contribution in [1.29, 1.82) is 0 Å². The van der Waals surface area contributed by atoms with Gasteiger partial charge >= 0.3 is 5.97 Å². The Kier molecular flexibility index (Phi) is 5.35. The van der Waals surface area contributed by atoms with Crippen molar-refractivity contribution in [2.75, 3.05) is 12.4 Å². The van der Waals surface area contributed by atoms with Gasteiger partial charge in [0.25, 0.3) is 0 Å². The van der Waals surface area contributed by atoms with E-state index in [1.165, 1.54) is 0 Å². The fourth-order valence-electron chi connectivity index (χ4n) is 5.41. The molecule has 6 heteroatoms. The second kappa shape index (κ2) is 7.76. The number of hydrogen-bond acceptors (Lipinski definition) is 5. The number of nitrogens with one attached hydrogen (secondary N) is 1. The molecule has 2 bridgehead atoms. The molecule has 2 unspecified atom stereocenters. The Balaban J connectivity index is 1.61. The number of anilines is 1. The number of rotatable bonds is 5. The molecule has 2 aliphatic carbocycles. The number of carbonyl (C=O) groups is 2. The molecule has 2 aromatic carbocycles. The van der Waals surface area contributed by atoms with E-state index >= 15 is 0 Å². The molecule has 0 aromatic heterocycles. The highest BCUT2D eigenvalue weighted by Crippen LogP contribution is 2.71. The maximum absolute atomic E-state index is 13.7. The largest absolute Gasteiger partial charge is 0.495 e. The highest BCUT2D eigenvalue weighted by Gasteiger charge is 2.71. The number of benzene rings is 2. The van der Waals surface area contributed by atoms with Gasteiger partial charge in [0, 0.05) is 11.8 Å². The highest BCUT2D eigenvalue weighted by atomic mass is 16.7. The van der Waals surface area contributed by atoms with Crippen LogP contribution >= 0.6 is 0 Å². The zero-order valence-corrected chi connectivity index (χ0v) is 19.3. The third-order valence-corrected chi connectivity index (χ3v) is 8.02. The molecule has 2 fully saturated rings. The van der Waals surface area contributed by atoms with Gasteiger partial charge in [0.1, 0.15) is 5.75 Å². The van der Waals surface area contributed by atoms with Crippen LogP contribution in [0.15, 0.2) is 53.7 Å². The van der Waals surface area contributed by atoms with Crippen LogP contribution in [-0.2, 0) is 9.63 Å². The number of oxime groups is 1. The lowest BCUT2D eigenvalue weighted by Crippen LogP contribution is -2.43. The van der Waals surface area contributed by atoms with Crippen molar-refractivity contribution in [3.05, 3.63) is 59.7 Å². The van der Waals surface area contributed by atoms with E-state index in [2.05, 4.69) is 31.2 Å². The summed E-state index contributed by atoms with van der Waals surface area (Å²) in [5.74, 6) is 0.0857. The van der Waals surface area contributed by atoms with Crippen LogP contribution in [-0.4, -0.2) is 24.7 Å². The normalized spacial score (nSPS) is 26.7. The fourth-order valence-corrected chi connectivity index (χ4v) is 5.41. The molecule has 0 radical (unpaired) electrons. The maximum atomic E-state index is 13.7. The lowest BCUT2D eigenvalue weighted by atomic mass is 9.64. The molecule has 1 amide bonds. The molecular formula is C26H30N2O4. The Bertz CT molecular complexity index is 1090. The maximum Gasteiger partial charge on any atom is 0.365 e. The summed E-state index contributed by atoms with van der Waals surface area (Å²) in [5, 5.41) is 7.41. The summed E-state index contributed by atoms with van der Waals surface area (Å²) < 4.78 is 5.44. The quantitative estimate of drug-likeness (QED) is 0.507. The molecule has 2 aromatic rings. The Labute approximate surface area is 189 Å². The predicted octanol–water partition coefficient (Wildman–Crippen LogP) is 5.37. The van der Waals surface area contributed by atoms with Crippen LogP contribution in [0.1, 0.15) is 56.0 Å². The molecule has 0 saturated heterocycles. The average molecular weight is 435 g/mol. The molecule has 4 rings (SSSR count). The van der Waals surface area contributed by atoms with Gasteiger partial charge < -0.3 is 14.9 Å². The minimum absolute atomic E-state index is 0.0466. The van der Waals surface area contributed by atoms with Gasteiger partial charge in [0.05, 0.1) is 29.5 Å². The van der Waals surface area contributed by atoms with Crippen LogP contribution in [0.5, 0.6) is 5.75 Å². The van der Waals surface area contributed by atoms with E-state index in [0.29, 0.717) is 23.4 Å². The SMILES string of the molecule is COc1ccc(C)cc1NC(=O)C12CCC(C)(C(=NOC(=O)c3ccccc3)C1)C2(C)C. The van der Waals surface area contributed by atoms with Crippen LogP contribution in [0.25, 0.3) is 0 Å². The molecule has 168 valence electrons. The van der Waals surface area contributed by atoms with Crippen LogP contribution in [0, 0.1) is 23.2 Å². The first kappa shape index (κ1) is 22.1. The molecule has 6 nitrogen and oxygen atoms in total. The number of nitrogens with zero attached hydrogens (tertiary/aromatic N) is 1. The molecule has 32 heavy (non-hydrogen) atoms. The van der Waals surface area contributed by atoms with Crippen molar-refractivity contribution >= 4 is 23.3 Å². The van der Waals surface area contributed by atoms with E-state index in [4.69, 9.17) is 9.57 Å². The van der Waals surface area contributed by atoms with Crippen LogP contribution in [0.3, 0.4) is 0 Å². The van der Waals surface area contributed by atoms with Crippen molar-refractivity contribution in [2.45, 2.75) is 47.0 Å². The second-order valence-electron chi connectivity index (χ2n) is 9.66. The lowest BCUT2D eigenvalue weighted by molar-refractivity contribution is -0.130. The summed E-state index contributed by atoms with van der Waals surface area (Å²) in [5.41, 5.74) is 1.58. The van der Waals surface area contributed by atoms with Gasteiger partial charge in [-0.25, -0.2) is 4.79 Å². The summed E-state index contributed by atoms with van der Waals surface area (Å²) in [6, 6.07) is 14.5. The van der Waals surface area contributed by atoms with Crippen LogP contribution in [0.4, 0.5) is 5.69 Å². The summed E-state index contributed by atoms with van der Waals surface area (Å²) in [4.78, 5) is 31.4. The molecular weight excluding hydrogens is 404 g/mol. The highest BCUT2D eigenvalue weighted by molar-refractivity contribution is 6.07. The lowest BCUT2D eigenvalue weighted by Gasteiger charge is -2.39. The molecule has 0 spiro atoms. The summed E-state index contributed by atoms with van der Waals surface area (Å²) in [6.45, 7) is 8.34. The van der Waals surface area contributed by atoms with Gasteiger partial charge in [-0.1, -0.05) is 50.2 Å². The minimum atomic E-state index is -0.644. The van der Waals surface area contributed by atoms with Crippen molar-refractivity contribution in [2.24, 2.45) is 21.4 Å². The third-order valence-electron chi connectivity index (χ3n) is 8.02. The number of aryl methyl sites for hydroxylation is 1. The number of hydrogen-bond donors (Lipinski definition) is 1. The van der Waals surface area contributed by atoms with E-state index in [9.17, 15) is 9.59 Å². The minimum Gasteiger partial charge on any atom is -0.495 e. The molecule has 2 atom stereocenters. The second-order valence-corrected chi connectivity index (χ2v) is 9.66. The standard InChI is InChI=1S/C26H30N2O4/c1-17-11-12-20(31-5)19(15-17)27-23(30)26-14-13-25(4,24(26,2)3)21(16-26)28-32-22(29)18-9-7-6-8-10-18/h6-12,15H,13-14,16H2,1-5H3,(H,27,30). The number of fused-ring (bicyclic) bond motifs is 2. The summed E-state index contributed by atoms with van der Waals surface area (Å²) in [6.07, 6.45) is 2.01. The number of ether oxygens (including phenoxy) is 1. The molecule has 2 aliphatic rings. The van der Waals surface area contributed by atoms with Crippen molar-refractivity contribution in [1.82, 2.24) is 0 Å². The Hall–Kier alpha value is -3.15. The summed E-state index contributed by atoms with van der Waals surface area (Å²) >= 11 is 0. The van der Waals surface area contributed by atoms with Gasteiger partial charge in [-0.2, -0.15) is 0 Å². The van der Waals surface area contributed by atoms with Crippen LogP contribution in [0.2, 0.25) is 0 Å². The first-order valence-electron chi connectivity index (χ1n) is 10.9. The van der Waals surface area contributed by atoms with E-state index < -0.39 is 11.4 Å². The van der Waals surface area contributed by atoms with Crippen molar-refractivity contribution < 1.29 is 19.2 Å². The smallest absolute Gasteiger partial charge is 0.365 e. The van der Waals surface area contributed by atoms with E-state index in [-0.39, 0.29) is 16.7 Å². The Morgan fingerprint density at radius 2 is 1.75 bits per heavy atom. The first-order chi connectivity index (χ1) is 15.1. The van der Waals surface area contributed by atoms with E-state index in [0.717, 1.165) is 24.1 Å². The Morgan fingerprint density at radius 3 is 2.44 bits per heavy atom. The van der Waals surface area contributed by atoms with Gasteiger partial charge in [-0.05, 0) is 55.0 Å². The fraction of sp³-hybridized carbons (Fsp3) is 0.423. The number of carbonyl (C=O) groups excluding carboxylic acids is 2. The Morgan fingerprint density at radius 1 is 1.03 bits per heavy atom. The molecule has 2 saturated carbocycles. The third kappa shape index (κ3) is 3.20. The number of methoxy groups -OCH3 is 1.